The van der Waals surface area contributed by atoms with E-state index in [2.05, 4.69) is 41.2 Å². The fourth-order valence-corrected chi connectivity index (χ4v) is 5.48. The van der Waals surface area contributed by atoms with Crippen molar-refractivity contribution in [2.45, 2.75) is 51.8 Å². The molecule has 0 unspecified atom stereocenters. The molecule has 3 atom stereocenters. The average Bonchev–Trinajstić information content (AvgIpc) is 3.05. The van der Waals surface area contributed by atoms with Crippen LogP contribution in [0.1, 0.15) is 37.8 Å². The zero-order valence-corrected chi connectivity index (χ0v) is 27.2. The van der Waals surface area contributed by atoms with Crippen LogP contribution in [0.25, 0.3) is 0 Å². The predicted octanol–water partition coefficient (Wildman–Crippen LogP) is 5.04. The summed E-state index contributed by atoms with van der Waals surface area (Å²) >= 11 is 0. The van der Waals surface area contributed by atoms with E-state index in [0.29, 0.717) is 37.5 Å². The zero-order chi connectivity index (χ0) is 32.3. The summed E-state index contributed by atoms with van der Waals surface area (Å²) in [7, 11) is 6.03. The molecule has 1 aliphatic rings. The Morgan fingerprint density at radius 2 is 1.78 bits per heavy atom. The molecule has 45 heavy (non-hydrogen) atoms. The van der Waals surface area contributed by atoms with Gasteiger partial charge in [0, 0.05) is 43.2 Å². The fraction of sp³-hybridized carbons (Fsp3) is 0.444. The summed E-state index contributed by atoms with van der Waals surface area (Å²) in [5.41, 5.74) is 2.50. The highest BCUT2D eigenvalue weighted by Gasteiger charge is 2.31. The van der Waals surface area contributed by atoms with Crippen LogP contribution >= 0.6 is 0 Å². The summed E-state index contributed by atoms with van der Waals surface area (Å²) in [6, 6.07) is 23.0. The van der Waals surface area contributed by atoms with Crippen molar-refractivity contribution < 1.29 is 24.2 Å². The number of carbonyl (C=O) groups is 2. The van der Waals surface area contributed by atoms with Crippen molar-refractivity contribution in [1.29, 1.82) is 0 Å². The third-order valence-corrected chi connectivity index (χ3v) is 8.06. The van der Waals surface area contributed by atoms with E-state index in [1.165, 1.54) is 0 Å². The fourth-order valence-electron chi connectivity index (χ4n) is 5.48. The van der Waals surface area contributed by atoms with Crippen molar-refractivity contribution in [3.05, 3.63) is 83.9 Å². The van der Waals surface area contributed by atoms with Crippen LogP contribution in [-0.2, 0) is 22.6 Å². The summed E-state index contributed by atoms with van der Waals surface area (Å²) in [5.74, 6) is 2.08. The lowest BCUT2D eigenvalue weighted by Crippen LogP contribution is -2.47. The van der Waals surface area contributed by atoms with Crippen LogP contribution in [0.4, 0.5) is 5.69 Å². The lowest BCUT2D eigenvalue weighted by molar-refractivity contribution is -0.134. The Balaban J connectivity index is 1.48. The Bertz CT molecular complexity index is 1380. The largest absolute Gasteiger partial charge is 0.488 e. The van der Waals surface area contributed by atoms with Crippen LogP contribution in [0.5, 0.6) is 17.2 Å². The maximum Gasteiger partial charge on any atom is 0.227 e. The third-order valence-electron chi connectivity index (χ3n) is 8.06. The number of ether oxygens (including phenoxy) is 2. The first-order valence-electron chi connectivity index (χ1n) is 15.8. The number of aliphatic hydroxyl groups excluding tert-OH is 1. The van der Waals surface area contributed by atoms with E-state index in [-0.39, 0.29) is 42.9 Å². The van der Waals surface area contributed by atoms with Gasteiger partial charge in [0.2, 0.25) is 11.8 Å². The molecular weight excluding hydrogens is 568 g/mol. The van der Waals surface area contributed by atoms with Crippen LogP contribution in [0.2, 0.25) is 0 Å². The summed E-state index contributed by atoms with van der Waals surface area (Å²) < 4.78 is 12.6. The topological polar surface area (TPSA) is 94.6 Å². The first kappa shape index (κ1) is 34.0. The van der Waals surface area contributed by atoms with Gasteiger partial charge in [-0.1, -0.05) is 37.3 Å². The Morgan fingerprint density at radius 3 is 2.47 bits per heavy atom. The normalized spacial score (nSPS) is 17.6. The van der Waals surface area contributed by atoms with E-state index in [4.69, 9.17) is 9.47 Å². The van der Waals surface area contributed by atoms with Gasteiger partial charge in [0.05, 0.1) is 19.1 Å². The van der Waals surface area contributed by atoms with Crippen molar-refractivity contribution >= 4 is 17.5 Å². The van der Waals surface area contributed by atoms with Gasteiger partial charge >= 0.3 is 0 Å². The number of benzene rings is 3. The SMILES string of the molecule is C[C@H]1CN([C@@H](C)CO)C(=O)Cc2cc(NC(=O)CCCN(C)C)ccc2O[C@@H]1CN(C)Cc1ccc(Oc2ccccc2)cc1. The highest BCUT2D eigenvalue weighted by atomic mass is 16.5. The highest BCUT2D eigenvalue weighted by molar-refractivity contribution is 5.91. The summed E-state index contributed by atoms with van der Waals surface area (Å²) in [6.07, 6.45) is 1.08. The van der Waals surface area contributed by atoms with Crippen LogP contribution in [0.15, 0.2) is 72.8 Å². The molecule has 0 aromatic heterocycles. The van der Waals surface area contributed by atoms with Crippen molar-refractivity contribution in [3.8, 4) is 17.2 Å². The maximum atomic E-state index is 13.5. The minimum absolute atomic E-state index is 0.00549. The van der Waals surface area contributed by atoms with E-state index < -0.39 is 0 Å². The van der Waals surface area contributed by atoms with Gasteiger partial charge in [0.15, 0.2) is 0 Å². The first-order valence-corrected chi connectivity index (χ1v) is 15.8. The van der Waals surface area contributed by atoms with E-state index in [1.54, 1.807) is 4.90 Å². The first-order chi connectivity index (χ1) is 21.6. The number of hydrogen-bond donors (Lipinski definition) is 2. The molecule has 4 rings (SSSR count). The van der Waals surface area contributed by atoms with E-state index in [1.807, 2.05) is 81.7 Å². The minimum atomic E-state index is -0.323. The summed E-state index contributed by atoms with van der Waals surface area (Å²) in [5, 5.41) is 12.9. The molecule has 9 nitrogen and oxygen atoms in total. The van der Waals surface area contributed by atoms with Gasteiger partial charge in [0.25, 0.3) is 0 Å². The zero-order valence-electron chi connectivity index (χ0n) is 27.2. The van der Waals surface area contributed by atoms with E-state index >= 15 is 0 Å². The standard InChI is InChI=1S/C36H48N4O5/c1-26-22-40(27(2)25-41)36(43)21-29-20-30(37-35(42)12-9-19-38(3)4)15-18-33(29)45-34(26)24-39(5)23-28-13-16-32(17-14-28)44-31-10-7-6-8-11-31/h6-8,10-11,13-18,20,26-27,34,41H,9,12,19,21-25H2,1-5H3,(H,37,42)/t26-,27-,34+/m0/s1. The molecule has 3 aromatic rings. The van der Waals surface area contributed by atoms with E-state index in [9.17, 15) is 14.7 Å². The van der Waals surface area contributed by atoms with Crippen molar-refractivity contribution in [2.24, 2.45) is 5.92 Å². The molecule has 0 saturated heterocycles. The molecule has 3 aromatic carbocycles. The lowest BCUT2D eigenvalue weighted by Gasteiger charge is -2.34. The van der Waals surface area contributed by atoms with Gasteiger partial charge in [-0.3, -0.25) is 14.5 Å². The Morgan fingerprint density at radius 1 is 1.07 bits per heavy atom. The second-order valence-corrected chi connectivity index (χ2v) is 12.4. The number of nitrogens with one attached hydrogen (secondary N) is 1. The molecule has 0 radical (unpaired) electrons. The predicted molar refractivity (Wildman–Crippen MR) is 178 cm³/mol. The molecule has 9 heteroatoms. The quantitative estimate of drug-likeness (QED) is 0.278. The number of nitrogens with zero attached hydrogens (tertiary/aromatic N) is 3. The van der Waals surface area contributed by atoms with Gasteiger partial charge < -0.3 is 29.7 Å². The molecule has 2 N–H and O–H groups in total. The molecule has 0 bridgehead atoms. The Hall–Kier alpha value is -3.92. The summed E-state index contributed by atoms with van der Waals surface area (Å²) in [6.45, 7) is 6.47. The third kappa shape index (κ3) is 10.3. The van der Waals surface area contributed by atoms with Crippen LogP contribution in [-0.4, -0.2) is 91.2 Å². The number of amides is 2. The lowest BCUT2D eigenvalue weighted by atomic mass is 10.0. The highest BCUT2D eigenvalue weighted by Crippen LogP contribution is 2.30. The second-order valence-electron chi connectivity index (χ2n) is 12.4. The smallest absolute Gasteiger partial charge is 0.227 e. The molecule has 0 saturated carbocycles. The van der Waals surface area contributed by atoms with Gasteiger partial charge in [-0.25, -0.2) is 0 Å². The molecule has 0 spiro atoms. The van der Waals surface area contributed by atoms with Crippen molar-refractivity contribution in [2.75, 3.05) is 52.7 Å². The summed E-state index contributed by atoms with van der Waals surface area (Å²) in [4.78, 5) is 32.1. The number of likely N-dealkylation sites (N-methyl/N-ethyl adjacent to an activating group) is 1. The molecule has 0 fully saturated rings. The molecule has 1 aliphatic heterocycles. The molecule has 0 aliphatic carbocycles. The van der Waals surface area contributed by atoms with E-state index in [0.717, 1.165) is 35.6 Å². The molecule has 1 heterocycles. The van der Waals surface area contributed by atoms with Gasteiger partial charge in [-0.2, -0.15) is 0 Å². The average molecular weight is 617 g/mol. The van der Waals surface area contributed by atoms with Gasteiger partial charge in [-0.15, -0.1) is 0 Å². The van der Waals surface area contributed by atoms with Crippen molar-refractivity contribution in [1.82, 2.24) is 14.7 Å². The number of hydrogen-bond acceptors (Lipinski definition) is 7. The number of carbonyl (C=O) groups excluding carboxylic acids is 2. The number of fused-ring (bicyclic) bond motifs is 1. The van der Waals surface area contributed by atoms with Crippen molar-refractivity contribution in [3.63, 3.8) is 0 Å². The monoisotopic (exact) mass is 616 g/mol. The number of para-hydroxylation sites is 1. The Kier molecular flexibility index (Phi) is 12.4. The van der Waals surface area contributed by atoms with Crippen LogP contribution < -0.4 is 14.8 Å². The van der Waals surface area contributed by atoms with Crippen LogP contribution in [0, 0.1) is 5.92 Å². The number of anilines is 1. The second kappa shape index (κ2) is 16.4. The molecule has 242 valence electrons. The Labute approximate surface area is 267 Å². The number of rotatable bonds is 13. The molecule has 2 amide bonds. The maximum absolute atomic E-state index is 13.5. The minimum Gasteiger partial charge on any atom is -0.488 e. The van der Waals surface area contributed by atoms with Gasteiger partial charge in [-0.05, 0) is 89.1 Å². The number of aliphatic hydroxyl groups is 1. The van der Waals surface area contributed by atoms with Crippen LogP contribution in [0.3, 0.4) is 0 Å². The molecular formula is C36H48N4O5. The van der Waals surface area contributed by atoms with Gasteiger partial charge in [0.1, 0.15) is 23.4 Å².